The summed E-state index contributed by atoms with van der Waals surface area (Å²) in [6, 6.07) is 13.4. The van der Waals surface area contributed by atoms with E-state index in [2.05, 4.69) is 10.2 Å². The molecule has 2 rings (SSSR count). The number of para-hydroxylation sites is 1. The van der Waals surface area contributed by atoms with Crippen LogP contribution in [0, 0.1) is 0 Å². The van der Waals surface area contributed by atoms with Gasteiger partial charge < -0.3 is 19.5 Å². The van der Waals surface area contributed by atoms with E-state index in [0.717, 1.165) is 23.4 Å². The fraction of sp³-hybridized carbons (Fsp3) is 0.409. The predicted molar refractivity (Wildman–Crippen MR) is 110 cm³/mol. The van der Waals surface area contributed by atoms with Crippen molar-refractivity contribution in [3.63, 3.8) is 0 Å². The minimum atomic E-state index is -0.136. The van der Waals surface area contributed by atoms with Crippen LogP contribution in [0.2, 0.25) is 0 Å². The first-order valence-electron chi connectivity index (χ1n) is 9.37. The van der Waals surface area contributed by atoms with Crippen LogP contribution >= 0.6 is 0 Å². The zero-order chi connectivity index (χ0) is 20.5. The Morgan fingerprint density at radius 3 is 2.32 bits per heavy atom. The molecule has 28 heavy (non-hydrogen) atoms. The van der Waals surface area contributed by atoms with Gasteiger partial charge in [0.05, 0.1) is 33.9 Å². The van der Waals surface area contributed by atoms with Gasteiger partial charge in [0.2, 0.25) is 5.91 Å². The molecule has 152 valence electrons. The summed E-state index contributed by atoms with van der Waals surface area (Å²) in [4.78, 5) is 14.6. The molecule has 6 heteroatoms. The number of hydrogen-bond acceptors (Lipinski definition) is 5. The minimum Gasteiger partial charge on any atom is -0.496 e. The Morgan fingerprint density at radius 2 is 1.68 bits per heavy atom. The number of hydrogen-bond donors (Lipinski definition) is 1. The minimum absolute atomic E-state index is 0.0271. The molecule has 0 aliphatic heterocycles. The van der Waals surface area contributed by atoms with Gasteiger partial charge in [0, 0.05) is 12.1 Å². The van der Waals surface area contributed by atoms with E-state index in [1.807, 2.05) is 56.3 Å². The van der Waals surface area contributed by atoms with Gasteiger partial charge in [-0.15, -0.1) is 0 Å². The molecule has 2 aromatic carbocycles. The summed E-state index contributed by atoms with van der Waals surface area (Å²) < 4.78 is 16.0. The molecule has 1 N–H and O–H groups in total. The lowest BCUT2D eigenvalue weighted by Gasteiger charge is -2.23. The number of carbonyl (C=O) groups is 1. The van der Waals surface area contributed by atoms with Crippen LogP contribution in [0.15, 0.2) is 42.5 Å². The second-order valence-electron chi connectivity index (χ2n) is 6.52. The average molecular weight is 386 g/mol. The van der Waals surface area contributed by atoms with Crippen LogP contribution in [0.25, 0.3) is 0 Å². The molecule has 1 amide bonds. The molecule has 0 aliphatic rings. The second kappa shape index (κ2) is 10.6. The zero-order valence-electron chi connectivity index (χ0n) is 17.3. The molecule has 0 radical (unpaired) electrons. The lowest BCUT2D eigenvalue weighted by Crippen LogP contribution is -2.38. The van der Waals surface area contributed by atoms with Gasteiger partial charge in [0.15, 0.2) is 11.5 Å². The van der Waals surface area contributed by atoms with Crippen LogP contribution in [-0.4, -0.2) is 45.2 Å². The number of nitrogens with one attached hydrogen (secondary N) is 1. The summed E-state index contributed by atoms with van der Waals surface area (Å²) in [5, 5.41) is 3.06. The molecule has 1 unspecified atom stereocenters. The maximum Gasteiger partial charge on any atom is 0.234 e. The monoisotopic (exact) mass is 386 g/mol. The number of methoxy groups -OCH3 is 3. The van der Waals surface area contributed by atoms with Crippen molar-refractivity contribution >= 4 is 5.91 Å². The van der Waals surface area contributed by atoms with Gasteiger partial charge in [0.1, 0.15) is 5.75 Å². The lowest BCUT2D eigenvalue weighted by molar-refractivity contribution is -0.123. The van der Waals surface area contributed by atoms with Gasteiger partial charge in [-0.05, 0) is 37.2 Å². The fourth-order valence-corrected chi connectivity index (χ4v) is 3.11. The van der Waals surface area contributed by atoms with Crippen molar-refractivity contribution < 1.29 is 19.0 Å². The van der Waals surface area contributed by atoms with Gasteiger partial charge in [-0.3, -0.25) is 9.69 Å². The SMILES string of the molecule is CCN(CC(=O)NC(C)c1ccccc1OC)Cc1ccc(OC)c(OC)c1. The van der Waals surface area contributed by atoms with Crippen LogP contribution in [0.5, 0.6) is 17.2 Å². The highest BCUT2D eigenvalue weighted by Crippen LogP contribution is 2.28. The van der Waals surface area contributed by atoms with Gasteiger partial charge in [-0.1, -0.05) is 31.2 Å². The maximum absolute atomic E-state index is 12.6. The molecule has 0 aromatic heterocycles. The lowest BCUT2D eigenvalue weighted by atomic mass is 10.1. The largest absolute Gasteiger partial charge is 0.496 e. The maximum atomic E-state index is 12.6. The van der Waals surface area contributed by atoms with Gasteiger partial charge in [-0.2, -0.15) is 0 Å². The van der Waals surface area contributed by atoms with Crippen LogP contribution < -0.4 is 19.5 Å². The van der Waals surface area contributed by atoms with Gasteiger partial charge >= 0.3 is 0 Å². The Morgan fingerprint density at radius 1 is 1.00 bits per heavy atom. The van der Waals surface area contributed by atoms with Crippen molar-refractivity contribution in [2.45, 2.75) is 26.4 Å². The first-order valence-corrected chi connectivity index (χ1v) is 9.37. The van der Waals surface area contributed by atoms with Crippen LogP contribution in [0.3, 0.4) is 0 Å². The third kappa shape index (κ3) is 5.63. The summed E-state index contributed by atoms with van der Waals surface area (Å²) in [6.07, 6.45) is 0. The molecule has 0 saturated heterocycles. The predicted octanol–water partition coefficient (Wildman–Crippen LogP) is 3.41. The molecule has 0 saturated carbocycles. The molecule has 6 nitrogen and oxygen atoms in total. The van der Waals surface area contributed by atoms with E-state index in [9.17, 15) is 4.79 Å². The van der Waals surface area contributed by atoms with E-state index in [-0.39, 0.29) is 11.9 Å². The molecule has 0 fully saturated rings. The highest BCUT2D eigenvalue weighted by Gasteiger charge is 2.16. The molecule has 0 heterocycles. The topological polar surface area (TPSA) is 60.0 Å². The Labute approximate surface area is 167 Å². The van der Waals surface area contributed by atoms with Crippen LogP contribution in [-0.2, 0) is 11.3 Å². The van der Waals surface area contributed by atoms with Crippen molar-refractivity contribution in [2.24, 2.45) is 0 Å². The summed E-state index contributed by atoms with van der Waals surface area (Å²) in [6.45, 7) is 5.71. The highest BCUT2D eigenvalue weighted by atomic mass is 16.5. The van der Waals surface area contributed by atoms with E-state index < -0.39 is 0 Å². The Hall–Kier alpha value is -2.73. The van der Waals surface area contributed by atoms with Crippen LogP contribution in [0.4, 0.5) is 0 Å². The number of rotatable bonds is 10. The summed E-state index contributed by atoms with van der Waals surface area (Å²) in [5.74, 6) is 2.12. The number of ether oxygens (including phenoxy) is 3. The molecule has 0 aliphatic carbocycles. The van der Waals surface area contributed by atoms with E-state index in [1.54, 1.807) is 21.3 Å². The first-order chi connectivity index (χ1) is 13.5. The normalized spacial score (nSPS) is 11.8. The molecule has 2 aromatic rings. The van der Waals surface area contributed by atoms with E-state index >= 15 is 0 Å². The Balaban J connectivity index is 1.99. The molecule has 0 spiro atoms. The third-order valence-corrected chi connectivity index (χ3v) is 4.65. The Bertz CT molecular complexity index is 779. The zero-order valence-corrected chi connectivity index (χ0v) is 17.3. The van der Waals surface area contributed by atoms with Crippen molar-refractivity contribution in [1.29, 1.82) is 0 Å². The van der Waals surface area contributed by atoms with Crippen molar-refractivity contribution in [2.75, 3.05) is 34.4 Å². The second-order valence-corrected chi connectivity index (χ2v) is 6.52. The smallest absolute Gasteiger partial charge is 0.234 e. The van der Waals surface area contributed by atoms with Crippen molar-refractivity contribution in [3.8, 4) is 17.2 Å². The molecule has 1 atom stereocenters. The Kier molecular flexibility index (Phi) is 8.14. The summed E-state index contributed by atoms with van der Waals surface area (Å²) >= 11 is 0. The number of nitrogens with zero attached hydrogens (tertiary/aromatic N) is 1. The quantitative estimate of drug-likeness (QED) is 0.678. The molecular formula is C22H30N2O4. The molecule has 0 bridgehead atoms. The number of amides is 1. The highest BCUT2D eigenvalue weighted by molar-refractivity contribution is 5.78. The number of benzene rings is 2. The standard InChI is InChI=1S/C22H30N2O4/c1-6-24(14-17-11-12-20(27-4)21(13-17)28-5)15-22(25)23-16(2)18-9-7-8-10-19(18)26-3/h7-13,16H,6,14-15H2,1-5H3,(H,23,25). The van der Waals surface area contributed by atoms with E-state index in [0.29, 0.717) is 24.6 Å². The number of carbonyl (C=O) groups excluding carboxylic acids is 1. The fourth-order valence-electron chi connectivity index (χ4n) is 3.11. The van der Waals surface area contributed by atoms with Crippen LogP contribution in [0.1, 0.15) is 31.0 Å². The van der Waals surface area contributed by atoms with E-state index in [4.69, 9.17) is 14.2 Å². The third-order valence-electron chi connectivity index (χ3n) is 4.65. The van der Waals surface area contributed by atoms with Gasteiger partial charge in [0.25, 0.3) is 0 Å². The summed E-state index contributed by atoms with van der Waals surface area (Å²) in [5.41, 5.74) is 2.02. The number of likely N-dealkylation sites (N-methyl/N-ethyl adjacent to an activating group) is 1. The summed E-state index contributed by atoms with van der Waals surface area (Å²) in [7, 11) is 4.87. The van der Waals surface area contributed by atoms with Crippen molar-refractivity contribution in [3.05, 3.63) is 53.6 Å². The van der Waals surface area contributed by atoms with Crippen molar-refractivity contribution in [1.82, 2.24) is 10.2 Å². The van der Waals surface area contributed by atoms with E-state index in [1.165, 1.54) is 0 Å². The molecular weight excluding hydrogens is 356 g/mol. The first kappa shape index (κ1) is 21.6. The average Bonchev–Trinajstić information content (AvgIpc) is 2.72. The van der Waals surface area contributed by atoms with Gasteiger partial charge in [-0.25, -0.2) is 0 Å².